The van der Waals surface area contributed by atoms with Crippen molar-refractivity contribution in [3.8, 4) is 17.1 Å². The Morgan fingerprint density at radius 3 is 1.06 bits per heavy atom. The molecule has 12 rings (SSSR count). The number of rotatable bonds is 3. The number of hydrogen-bond acceptors (Lipinski definition) is 1. The second-order valence-electron chi connectivity index (χ2n) is 13.7. The first kappa shape index (κ1) is 27.7. The van der Waals surface area contributed by atoms with Gasteiger partial charge >= 0.3 is 0 Å². The zero-order chi connectivity index (χ0) is 33.9. The number of nitrogens with zero attached hydrogens (tertiary/aromatic N) is 3. The van der Waals surface area contributed by atoms with E-state index in [-0.39, 0.29) is 0 Å². The van der Waals surface area contributed by atoms with Gasteiger partial charge in [0.2, 0.25) is 0 Å². The van der Waals surface area contributed by atoms with Crippen LogP contribution in [-0.4, -0.2) is 13.7 Å². The normalized spacial score (nSPS) is 12.2. The highest BCUT2D eigenvalue weighted by Gasteiger charge is 2.22. The summed E-state index contributed by atoms with van der Waals surface area (Å²) in [7, 11) is 0. The third kappa shape index (κ3) is 3.60. The van der Waals surface area contributed by atoms with Crippen LogP contribution in [0.3, 0.4) is 0 Å². The third-order valence-electron chi connectivity index (χ3n) is 11.0. The minimum absolute atomic E-state index is 0.875. The van der Waals surface area contributed by atoms with Gasteiger partial charge in [0.1, 0.15) is 0 Å². The van der Waals surface area contributed by atoms with Gasteiger partial charge in [0.25, 0.3) is 0 Å². The lowest BCUT2D eigenvalue weighted by atomic mass is 10.1. The quantitative estimate of drug-likeness (QED) is 0.185. The largest absolute Gasteiger partial charge is 0.452 e. The van der Waals surface area contributed by atoms with Crippen LogP contribution in [-0.2, 0) is 0 Å². The van der Waals surface area contributed by atoms with Gasteiger partial charge in [0, 0.05) is 48.8 Å². The maximum atomic E-state index is 7.09. The molecular formula is C48H29N3O. The molecule has 4 aromatic heterocycles. The van der Waals surface area contributed by atoms with Crippen molar-refractivity contribution < 1.29 is 4.42 Å². The molecular weight excluding hydrogens is 635 g/mol. The topological polar surface area (TPSA) is 27.9 Å². The lowest BCUT2D eigenvalue weighted by Gasteiger charge is -2.11. The maximum absolute atomic E-state index is 7.09. The van der Waals surface area contributed by atoms with Crippen LogP contribution in [0.2, 0.25) is 0 Å². The summed E-state index contributed by atoms with van der Waals surface area (Å²) in [6, 6.07) is 63.4. The van der Waals surface area contributed by atoms with E-state index in [0.29, 0.717) is 0 Å². The highest BCUT2D eigenvalue weighted by atomic mass is 16.3. The van der Waals surface area contributed by atoms with Gasteiger partial charge in [-0.05, 0) is 60.7 Å². The summed E-state index contributed by atoms with van der Waals surface area (Å²) < 4.78 is 14.2. The monoisotopic (exact) mass is 663 g/mol. The molecule has 52 heavy (non-hydrogen) atoms. The van der Waals surface area contributed by atoms with Crippen LogP contribution in [0.1, 0.15) is 0 Å². The van der Waals surface area contributed by atoms with E-state index in [9.17, 15) is 0 Å². The summed E-state index contributed by atoms with van der Waals surface area (Å²) in [6.45, 7) is 0. The van der Waals surface area contributed by atoms with Crippen LogP contribution in [0.4, 0.5) is 0 Å². The van der Waals surface area contributed by atoms with Gasteiger partial charge in [0.15, 0.2) is 11.2 Å². The number of para-hydroxylation sites is 7. The van der Waals surface area contributed by atoms with Crippen LogP contribution < -0.4 is 0 Å². The maximum Gasteiger partial charge on any atom is 0.159 e. The molecule has 0 aliphatic rings. The molecule has 0 bridgehead atoms. The smallest absolute Gasteiger partial charge is 0.159 e. The number of benzene rings is 8. The van der Waals surface area contributed by atoms with Gasteiger partial charge < -0.3 is 18.1 Å². The molecule has 0 spiro atoms. The molecule has 0 saturated heterocycles. The van der Waals surface area contributed by atoms with Gasteiger partial charge in [-0.25, -0.2) is 0 Å². The molecule has 4 heterocycles. The van der Waals surface area contributed by atoms with Crippen molar-refractivity contribution in [2.75, 3.05) is 0 Å². The Morgan fingerprint density at radius 1 is 0.269 bits per heavy atom. The van der Waals surface area contributed by atoms with Crippen molar-refractivity contribution in [1.82, 2.24) is 13.7 Å². The minimum Gasteiger partial charge on any atom is -0.452 e. The first-order valence-corrected chi connectivity index (χ1v) is 17.8. The molecule has 12 aromatic rings. The lowest BCUT2D eigenvalue weighted by molar-refractivity contribution is 0.664. The fourth-order valence-electron chi connectivity index (χ4n) is 8.88. The van der Waals surface area contributed by atoms with E-state index in [1.807, 2.05) is 0 Å². The van der Waals surface area contributed by atoms with E-state index in [0.717, 1.165) is 50.0 Å². The minimum atomic E-state index is 0.875. The summed E-state index contributed by atoms with van der Waals surface area (Å²) in [5, 5.41) is 9.60. The Bertz CT molecular complexity index is 3320. The number of hydrogen-bond donors (Lipinski definition) is 0. The first-order valence-electron chi connectivity index (χ1n) is 17.8. The molecule has 0 unspecified atom stereocenters. The summed E-state index contributed by atoms with van der Waals surface area (Å²) >= 11 is 0. The van der Waals surface area contributed by atoms with Gasteiger partial charge in [-0.2, -0.15) is 0 Å². The summed E-state index contributed by atoms with van der Waals surface area (Å²) in [5.74, 6) is 0. The standard InChI is InChI=1S/C48H29N3O/c1-6-20-39-31(13-1)32-14-2-7-21-40(32)49(39)30-27-28-44-38(29-30)35-17-5-10-24-43(35)51(44)46-26-12-19-37-36-18-11-25-45(47(36)52-48(37)46)50-41-22-8-3-15-33(41)34-16-4-9-23-42(34)50/h1-29H. The molecule has 0 saturated carbocycles. The van der Waals surface area contributed by atoms with Gasteiger partial charge in [0.05, 0.1) is 44.5 Å². The molecule has 0 aliphatic heterocycles. The fraction of sp³-hybridized carbons (Fsp3) is 0. The predicted molar refractivity (Wildman–Crippen MR) is 217 cm³/mol. The van der Waals surface area contributed by atoms with Gasteiger partial charge in [-0.1, -0.05) is 115 Å². The highest BCUT2D eigenvalue weighted by Crippen LogP contribution is 2.42. The molecule has 0 fully saturated rings. The van der Waals surface area contributed by atoms with Crippen LogP contribution in [0.15, 0.2) is 180 Å². The second-order valence-corrected chi connectivity index (χ2v) is 13.7. The van der Waals surface area contributed by atoms with Crippen molar-refractivity contribution >= 4 is 87.4 Å². The van der Waals surface area contributed by atoms with E-state index < -0.39 is 0 Å². The molecule has 8 aromatic carbocycles. The summed E-state index contributed by atoms with van der Waals surface area (Å²) in [5.41, 5.74) is 12.0. The van der Waals surface area contributed by atoms with Crippen molar-refractivity contribution in [1.29, 1.82) is 0 Å². The van der Waals surface area contributed by atoms with Crippen molar-refractivity contribution in [2.45, 2.75) is 0 Å². The Morgan fingerprint density at radius 2 is 0.615 bits per heavy atom. The molecule has 0 aliphatic carbocycles. The van der Waals surface area contributed by atoms with Crippen LogP contribution >= 0.6 is 0 Å². The molecule has 4 heteroatoms. The molecule has 0 atom stereocenters. The van der Waals surface area contributed by atoms with Crippen LogP contribution in [0.25, 0.3) is 104 Å². The first-order chi connectivity index (χ1) is 25.8. The Kier molecular flexibility index (Phi) is 5.47. The van der Waals surface area contributed by atoms with Gasteiger partial charge in [-0.15, -0.1) is 0 Å². The van der Waals surface area contributed by atoms with Crippen molar-refractivity contribution in [3.05, 3.63) is 176 Å². The Balaban J connectivity index is 1.13. The van der Waals surface area contributed by atoms with Crippen molar-refractivity contribution in [2.24, 2.45) is 0 Å². The Labute approximate surface area is 297 Å². The number of furan rings is 1. The van der Waals surface area contributed by atoms with Crippen LogP contribution in [0.5, 0.6) is 0 Å². The van der Waals surface area contributed by atoms with E-state index >= 15 is 0 Å². The predicted octanol–water partition coefficient (Wildman–Crippen LogP) is 12.9. The summed E-state index contributed by atoms with van der Waals surface area (Å²) in [6.07, 6.45) is 0. The highest BCUT2D eigenvalue weighted by molar-refractivity contribution is 6.16. The second kappa shape index (κ2) is 10.3. The van der Waals surface area contributed by atoms with E-state index in [1.165, 1.54) is 54.4 Å². The lowest BCUT2D eigenvalue weighted by Crippen LogP contribution is -1.96. The third-order valence-corrected chi connectivity index (χ3v) is 11.0. The van der Waals surface area contributed by atoms with Crippen molar-refractivity contribution in [3.63, 3.8) is 0 Å². The average Bonchev–Trinajstić information content (AvgIpc) is 3.94. The van der Waals surface area contributed by atoms with E-state index in [2.05, 4.69) is 190 Å². The summed E-state index contributed by atoms with van der Waals surface area (Å²) in [4.78, 5) is 0. The number of fused-ring (bicyclic) bond motifs is 12. The molecule has 4 nitrogen and oxygen atoms in total. The van der Waals surface area contributed by atoms with E-state index in [1.54, 1.807) is 0 Å². The molecule has 0 radical (unpaired) electrons. The van der Waals surface area contributed by atoms with Crippen LogP contribution in [0, 0.1) is 0 Å². The van der Waals surface area contributed by atoms with E-state index in [4.69, 9.17) is 4.42 Å². The number of aromatic nitrogens is 3. The SMILES string of the molecule is c1cc(-n2c3ccccc3c3ccccc32)c2oc3c(-n4c5ccccc5c5cc(-n6c7ccccc7c7ccccc76)ccc54)cccc3c2c1. The molecule has 242 valence electrons. The van der Waals surface area contributed by atoms with Gasteiger partial charge in [-0.3, -0.25) is 0 Å². The Hall–Kier alpha value is -7.04. The fourth-order valence-corrected chi connectivity index (χ4v) is 8.88. The zero-order valence-corrected chi connectivity index (χ0v) is 28.0. The zero-order valence-electron chi connectivity index (χ0n) is 28.0. The average molecular weight is 664 g/mol. The molecule has 0 amide bonds. The molecule has 0 N–H and O–H groups in total.